The molecule has 1 unspecified atom stereocenters. The molecule has 1 aromatic carbocycles. The molecule has 1 atom stereocenters. The summed E-state index contributed by atoms with van der Waals surface area (Å²) in [4.78, 5) is 1.48. The molecular weight excluding hydrogens is 363 g/mol. The highest BCUT2D eigenvalue weighted by atomic mass is 79.9. The summed E-state index contributed by atoms with van der Waals surface area (Å²) < 4.78 is 39.9. The minimum Gasteiger partial charge on any atom is -0.323 e. The van der Waals surface area contributed by atoms with Crippen molar-refractivity contribution >= 4 is 27.3 Å². The van der Waals surface area contributed by atoms with E-state index < -0.39 is 11.7 Å². The van der Waals surface area contributed by atoms with Crippen LogP contribution in [0.4, 0.5) is 13.2 Å². The molecule has 114 valence electrons. The van der Waals surface area contributed by atoms with E-state index in [0.29, 0.717) is 9.35 Å². The summed E-state index contributed by atoms with van der Waals surface area (Å²) in [7, 11) is 0. The monoisotopic (exact) mass is 377 g/mol. The summed E-state index contributed by atoms with van der Waals surface area (Å²) in [5.41, 5.74) is 5.61. The van der Waals surface area contributed by atoms with E-state index in [0.717, 1.165) is 10.9 Å². The van der Waals surface area contributed by atoms with Crippen LogP contribution in [-0.4, -0.2) is 0 Å². The average molecular weight is 378 g/mol. The van der Waals surface area contributed by atoms with E-state index in [-0.39, 0.29) is 17.5 Å². The number of halogens is 4. The number of benzene rings is 1. The van der Waals surface area contributed by atoms with E-state index in [9.17, 15) is 13.2 Å². The summed E-state index contributed by atoms with van der Waals surface area (Å²) in [6, 6.07) is 7.58. The van der Waals surface area contributed by atoms with Gasteiger partial charge in [-0.2, -0.15) is 13.2 Å². The lowest BCUT2D eigenvalue weighted by atomic mass is 10.0. The first-order chi connectivity index (χ1) is 9.70. The van der Waals surface area contributed by atoms with Gasteiger partial charge in [0.1, 0.15) is 0 Å². The Morgan fingerprint density at radius 2 is 1.81 bits per heavy atom. The van der Waals surface area contributed by atoms with Crippen LogP contribution in [0.3, 0.4) is 0 Å². The lowest BCUT2D eigenvalue weighted by Crippen LogP contribution is -2.14. The predicted molar refractivity (Wildman–Crippen MR) is 84.2 cm³/mol. The second-order valence-corrected chi connectivity index (χ2v) is 7.19. The van der Waals surface area contributed by atoms with Crippen LogP contribution in [0.25, 0.3) is 10.4 Å². The zero-order chi connectivity index (χ0) is 15.8. The maximum absolute atomic E-state index is 13.2. The number of nitrogens with two attached hydrogens (primary N) is 1. The molecular formula is C15H15BrF3NS. The van der Waals surface area contributed by atoms with Gasteiger partial charge in [0.05, 0.1) is 5.56 Å². The van der Waals surface area contributed by atoms with Gasteiger partial charge in [0.15, 0.2) is 0 Å². The van der Waals surface area contributed by atoms with E-state index in [4.69, 9.17) is 5.73 Å². The normalized spacial score (nSPS) is 13.7. The van der Waals surface area contributed by atoms with Crippen molar-refractivity contribution in [2.75, 3.05) is 0 Å². The summed E-state index contributed by atoms with van der Waals surface area (Å²) in [5.74, 6) is 0.239. The fourth-order valence-electron chi connectivity index (χ4n) is 1.97. The van der Waals surface area contributed by atoms with Crippen LogP contribution >= 0.6 is 27.3 Å². The SMILES string of the molecule is CC(C)C(N)c1ccc(-c2ccc(Br)cc2C(F)(F)F)s1. The molecule has 0 saturated heterocycles. The number of hydrogen-bond acceptors (Lipinski definition) is 2. The lowest BCUT2D eigenvalue weighted by molar-refractivity contribution is -0.137. The molecule has 0 fully saturated rings. The highest BCUT2D eigenvalue weighted by molar-refractivity contribution is 9.10. The van der Waals surface area contributed by atoms with Crippen LogP contribution in [-0.2, 0) is 6.18 Å². The largest absolute Gasteiger partial charge is 0.417 e. The Hall–Kier alpha value is -0.850. The van der Waals surface area contributed by atoms with Gasteiger partial charge in [-0.3, -0.25) is 0 Å². The Kier molecular flexibility index (Phi) is 4.80. The van der Waals surface area contributed by atoms with Crippen molar-refractivity contribution < 1.29 is 13.2 Å². The lowest BCUT2D eigenvalue weighted by Gasteiger charge is -2.14. The average Bonchev–Trinajstić information content (AvgIpc) is 2.86. The first-order valence-electron chi connectivity index (χ1n) is 6.42. The molecule has 1 nitrogen and oxygen atoms in total. The molecule has 0 aliphatic rings. The van der Waals surface area contributed by atoms with Crippen molar-refractivity contribution in [1.29, 1.82) is 0 Å². The molecule has 1 aromatic heterocycles. The Morgan fingerprint density at radius 1 is 1.14 bits per heavy atom. The molecule has 0 amide bonds. The standard InChI is InChI=1S/C15H15BrF3NS/c1-8(2)14(20)13-6-5-12(21-13)10-4-3-9(16)7-11(10)15(17,18)19/h3-8,14H,20H2,1-2H3. The molecule has 0 aliphatic heterocycles. The Balaban J connectivity index is 2.48. The molecule has 0 bridgehead atoms. The molecule has 2 N–H and O–H groups in total. The first kappa shape index (κ1) is 16.5. The van der Waals surface area contributed by atoms with Gasteiger partial charge in [0, 0.05) is 25.8 Å². The minimum absolute atomic E-state index is 0.159. The Bertz CT molecular complexity index is 634. The second kappa shape index (κ2) is 6.10. The number of hydrogen-bond donors (Lipinski definition) is 1. The summed E-state index contributed by atoms with van der Waals surface area (Å²) in [5, 5.41) is 0. The van der Waals surface area contributed by atoms with Gasteiger partial charge < -0.3 is 5.73 Å². The van der Waals surface area contributed by atoms with Crippen LogP contribution in [0.1, 0.15) is 30.3 Å². The topological polar surface area (TPSA) is 26.0 Å². The molecule has 0 radical (unpaired) electrons. The maximum Gasteiger partial charge on any atom is 0.417 e. The second-order valence-electron chi connectivity index (χ2n) is 5.16. The maximum atomic E-state index is 13.2. The number of thiophene rings is 1. The Labute approximate surface area is 134 Å². The smallest absolute Gasteiger partial charge is 0.323 e. The molecule has 21 heavy (non-hydrogen) atoms. The third-order valence-corrected chi connectivity index (χ3v) is 4.94. The summed E-state index contributed by atoms with van der Waals surface area (Å²) in [6.45, 7) is 3.98. The van der Waals surface area contributed by atoms with Crippen LogP contribution in [0.5, 0.6) is 0 Å². The van der Waals surface area contributed by atoms with Crippen LogP contribution in [0.15, 0.2) is 34.8 Å². The summed E-state index contributed by atoms with van der Waals surface area (Å²) in [6.07, 6.45) is -4.39. The van der Waals surface area contributed by atoms with Crippen molar-refractivity contribution in [2.45, 2.75) is 26.1 Å². The van der Waals surface area contributed by atoms with Crippen molar-refractivity contribution in [3.8, 4) is 10.4 Å². The third-order valence-electron chi connectivity index (χ3n) is 3.23. The van der Waals surface area contributed by atoms with Gasteiger partial charge in [-0.05, 0) is 30.2 Å². The van der Waals surface area contributed by atoms with E-state index in [1.165, 1.54) is 17.4 Å². The first-order valence-corrected chi connectivity index (χ1v) is 8.03. The molecule has 0 spiro atoms. The van der Waals surface area contributed by atoms with Crippen LogP contribution in [0.2, 0.25) is 0 Å². The molecule has 0 aliphatic carbocycles. The zero-order valence-corrected chi connectivity index (χ0v) is 13.9. The van der Waals surface area contributed by atoms with Gasteiger partial charge in [-0.15, -0.1) is 11.3 Å². The third kappa shape index (κ3) is 3.67. The molecule has 2 aromatic rings. The van der Waals surface area contributed by atoms with Gasteiger partial charge >= 0.3 is 6.18 Å². The van der Waals surface area contributed by atoms with Gasteiger partial charge in [0.2, 0.25) is 0 Å². The van der Waals surface area contributed by atoms with Crippen molar-refractivity contribution in [3.63, 3.8) is 0 Å². The minimum atomic E-state index is -4.39. The fraction of sp³-hybridized carbons (Fsp3) is 0.333. The molecule has 2 rings (SSSR count). The van der Waals surface area contributed by atoms with Crippen LogP contribution < -0.4 is 5.73 Å². The zero-order valence-electron chi connectivity index (χ0n) is 11.5. The van der Waals surface area contributed by atoms with Crippen molar-refractivity contribution in [1.82, 2.24) is 0 Å². The van der Waals surface area contributed by atoms with Crippen molar-refractivity contribution in [2.24, 2.45) is 11.7 Å². The summed E-state index contributed by atoms with van der Waals surface area (Å²) >= 11 is 4.41. The molecule has 1 heterocycles. The highest BCUT2D eigenvalue weighted by Gasteiger charge is 2.34. The highest BCUT2D eigenvalue weighted by Crippen LogP contribution is 2.41. The van der Waals surface area contributed by atoms with Crippen LogP contribution in [0, 0.1) is 5.92 Å². The van der Waals surface area contributed by atoms with Gasteiger partial charge in [-0.25, -0.2) is 0 Å². The van der Waals surface area contributed by atoms with E-state index in [1.807, 2.05) is 19.9 Å². The molecule has 6 heteroatoms. The van der Waals surface area contributed by atoms with E-state index in [2.05, 4.69) is 15.9 Å². The Morgan fingerprint density at radius 3 is 2.38 bits per heavy atom. The van der Waals surface area contributed by atoms with Gasteiger partial charge in [0.25, 0.3) is 0 Å². The quantitative estimate of drug-likeness (QED) is 0.712. The van der Waals surface area contributed by atoms with Gasteiger partial charge in [-0.1, -0.05) is 35.8 Å². The fourth-order valence-corrected chi connectivity index (χ4v) is 3.55. The predicted octanol–water partition coefficient (Wildman–Crippen LogP) is 5.85. The number of alkyl halides is 3. The molecule has 0 saturated carbocycles. The van der Waals surface area contributed by atoms with E-state index >= 15 is 0 Å². The van der Waals surface area contributed by atoms with E-state index in [1.54, 1.807) is 12.1 Å². The van der Waals surface area contributed by atoms with Crippen molar-refractivity contribution in [3.05, 3.63) is 45.2 Å². The number of rotatable bonds is 3.